The lowest BCUT2D eigenvalue weighted by Gasteiger charge is -2.25. The number of benzene rings is 1. The predicted octanol–water partition coefficient (Wildman–Crippen LogP) is 3.35. The summed E-state index contributed by atoms with van der Waals surface area (Å²) in [4.78, 5) is 18.6. The minimum atomic E-state index is -0.480. The number of guanidine groups is 1. The molecule has 1 aromatic rings. The van der Waals surface area contributed by atoms with Gasteiger partial charge in [0.15, 0.2) is 5.96 Å². The molecule has 1 aliphatic heterocycles. The number of ether oxygens (including phenoxy) is 1. The molecule has 2 unspecified atom stereocenters. The molecule has 6 nitrogen and oxygen atoms in total. The van der Waals surface area contributed by atoms with Crippen LogP contribution in [-0.4, -0.2) is 55.3 Å². The van der Waals surface area contributed by atoms with Crippen LogP contribution in [-0.2, 0) is 4.74 Å². The molecule has 0 radical (unpaired) electrons. The van der Waals surface area contributed by atoms with E-state index in [9.17, 15) is 4.79 Å². The predicted molar refractivity (Wildman–Crippen MR) is 110 cm³/mol. The minimum absolute atomic E-state index is 0.0782. The number of nitrogens with one attached hydrogen (secondary N) is 2. The summed E-state index contributed by atoms with van der Waals surface area (Å²) in [5.74, 6) is 1.33. The molecule has 150 valence electrons. The van der Waals surface area contributed by atoms with E-state index in [0.29, 0.717) is 5.92 Å². The summed E-state index contributed by atoms with van der Waals surface area (Å²) < 4.78 is 5.35. The van der Waals surface area contributed by atoms with Crippen LogP contribution < -0.4 is 10.6 Å². The van der Waals surface area contributed by atoms with Crippen LogP contribution in [0.15, 0.2) is 35.3 Å². The van der Waals surface area contributed by atoms with Gasteiger partial charge in [0.1, 0.15) is 5.60 Å². The third-order valence-corrected chi connectivity index (χ3v) is 4.69. The summed E-state index contributed by atoms with van der Waals surface area (Å²) in [6.07, 6.45) is 1.60. The Morgan fingerprint density at radius 2 is 2.04 bits per heavy atom. The Kier molecular flexibility index (Phi) is 7.51. The topological polar surface area (TPSA) is 66.0 Å². The number of rotatable bonds is 5. The van der Waals surface area contributed by atoms with Crippen LogP contribution in [0.25, 0.3) is 0 Å². The van der Waals surface area contributed by atoms with Crippen molar-refractivity contribution in [2.75, 3.05) is 26.7 Å². The highest BCUT2D eigenvalue weighted by atomic mass is 16.6. The van der Waals surface area contributed by atoms with Gasteiger partial charge < -0.3 is 20.3 Å². The summed E-state index contributed by atoms with van der Waals surface area (Å²) in [6.45, 7) is 10.3. The normalized spacial score (nSPS) is 18.9. The number of hydrogen-bond acceptors (Lipinski definition) is 3. The van der Waals surface area contributed by atoms with Gasteiger partial charge in [-0.2, -0.15) is 0 Å². The summed E-state index contributed by atoms with van der Waals surface area (Å²) in [6, 6.07) is 10.6. The molecule has 1 aliphatic rings. The second-order valence-corrected chi connectivity index (χ2v) is 8.02. The lowest BCUT2D eigenvalue weighted by Crippen LogP contribution is -2.45. The zero-order chi connectivity index (χ0) is 19.9. The van der Waals surface area contributed by atoms with Gasteiger partial charge in [0.05, 0.1) is 6.04 Å². The Morgan fingerprint density at radius 1 is 1.33 bits per heavy atom. The number of amides is 1. The lowest BCUT2D eigenvalue weighted by atomic mass is 9.97. The standard InChI is InChI=1S/C21H34N4O2/c1-6-16(17-10-8-7-9-11-17)14-23-19(22-5)25-13-12-18(15-25)24-20(26)27-21(2,3)4/h7-11,16,18H,6,12-15H2,1-5H3,(H,22,23)(H,24,26). The Morgan fingerprint density at radius 3 is 2.63 bits per heavy atom. The first-order valence-electron chi connectivity index (χ1n) is 9.82. The van der Waals surface area contributed by atoms with E-state index in [1.165, 1.54) is 5.56 Å². The van der Waals surface area contributed by atoms with E-state index < -0.39 is 5.60 Å². The Balaban J connectivity index is 1.85. The van der Waals surface area contributed by atoms with Gasteiger partial charge in [0.2, 0.25) is 0 Å². The molecule has 1 fully saturated rings. The molecule has 0 aliphatic carbocycles. The number of nitrogens with zero attached hydrogens (tertiary/aromatic N) is 2. The number of alkyl carbamates (subject to hydrolysis) is 1. The molecule has 0 saturated carbocycles. The van der Waals surface area contributed by atoms with Gasteiger partial charge in [-0.3, -0.25) is 4.99 Å². The first kappa shape index (κ1) is 21.1. The molecule has 6 heteroatoms. The van der Waals surface area contributed by atoms with Crippen molar-refractivity contribution in [1.29, 1.82) is 0 Å². The fourth-order valence-electron chi connectivity index (χ4n) is 3.31. The number of carbonyl (C=O) groups excluding carboxylic acids is 1. The first-order chi connectivity index (χ1) is 12.8. The SMILES string of the molecule is CCC(CNC(=NC)N1CCC(NC(=O)OC(C)(C)C)C1)c1ccccc1. The van der Waals surface area contributed by atoms with E-state index in [0.717, 1.165) is 38.4 Å². The van der Waals surface area contributed by atoms with Crippen molar-refractivity contribution in [3.63, 3.8) is 0 Å². The molecule has 1 aromatic carbocycles. The van der Waals surface area contributed by atoms with Gasteiger partial charge in [0.25, 0.3) is 0 Å². The van der Waals surface area contributed by atoms with E-state index in [1.54, 1.807) is 7.05 Å². The lowest BCUT2D eigenvalue weighted by molar-refractivity contribution is 0.0507. The third kappa shape index (κ3) is 6.77. The smallest absolute Gasteiger partial charge is 0.407 e. The van der Waals surface area contributed by atoms with Gasteiger partial charge in [-0.1, -0.05) is 37.3 Å². The number of aliphatic imine (C=N–C) groups is 1. The van der Waals surface area contributed by atoms with Crippen molar-refractivity contribution in [2.45, 2.75) is 58.1 Å². The van der Waals surface area contributed by atoms with Crippen LogP contribution in [0.5, 0.6) is 0 Å². The van der Waals surface area contributed by atoms with E-state index in [2.05, 4.69) is 51.7 Å². The van der Waals surface area contributed by atoms with E-state index in [4.69, 9.17) is 4.74 Å². The highest BCUT2D eigenvalue weighted by Gasteiger charge is 2.28. The molecule has 0 spiro atoms. The maximum atomic E-state index is 12.0. The maximum absolute atomic E-state index is 12.0. The van der Waals surface area contributed by atoms with E-state index >= 15 is 0 Å². The monoisotopic (exact) mass is 374 g/mol. The van der Waals surface area contributed by atoms with Gasteiger partial charge in [0, 0.05) is 32.6 Å². The summed E-state index contributed by atoms with van der Waals surface area (Å²) in [5.41, 5.74) is 0.862. The van der Waals surface area contributed by atoms with Crippen molar-refractivity contribution in [3.05, 3.63) is 35.9 Å². The zero-order valence-corrected chi connectivity index (χ0v) is 17.3. The molecule has 27 heavy (non-hydrogen) atoms. The number of hydrogen-bond donors (Lipinski definition) is 2. The molecule has 2 rings (SSSR count). The zero-order valence-electron chi connectivity index (χ0n) is 17.3. The highest BCUT2D eigenvalue weighted by Crippen LogP contribution is 2.18. The van der Waals surface area contributed by atoms with Crippen molar-refractivity contribution < 1.29 is 9.53 Å². The van der Waals surface area contributed by atoms with Crippen molar-refractivity contribution in [3.8, 4) is 0 Å². The molecule has 1 heterocycles. The molecule has 1 amide bonds. The Hall–Kier alpha value is -2.24. The average Bonchev–Trinajstić information content (AvgIpc) is 3.06. The molecular formula is C21H34N4O2. The van der Waals surface area contributed by atoms with Crippen molar-refractivity contribution in [1.82, 2.24) is 15.5 Å². The number of likely N-dealkylation sites (tertiary alicyclic amines) is 1. The average molecular weight is 375 g/mol. The molecule has 0 bridgehead atoms. The Labute approximate surface area is 163 Å². The van der Waals surface area contributed by atoms with E-state index in [1.807, 2.05) is 26.8 Å². The van der Waals surface area contributed by atoms with Crippen LogP contribution in [0.1, 0.15) is 52.0 Å². The highest BCUT2D eigenvalue weighted by molar-refractivity contribution is 5.80. The van der Waals surface area contributed by atoms with Crippen LogP contribution in [0.4, 0.5) is 4.79 Å². The van der Waals surface area contributed by atoms with Crippen LogP contribution >= 0.6 is 0 Å². The summed E-state index contributed by atoms with van der Waals surface area (Å²) >= 11 is 0. The Bertz CT molecular complexity index is 625. The molecule has 2 N–H and O–H groups in total. The van der Waals surface area contributed by atoms with Gasteiger partial charge in [-0.25, -0.2) is 4.79 Å². The van der Waals surface area contributed by atoms with Crippen LogP contribution in [0.3, 0.4) is 0 Å². The summed E-state index contributed by atoms with van der Waals surface area (Å²) in [5, 5.41) is 6.47. The van der Waals surface area contributed by atoms with Gasteiger partial charge in [-0.05, 0) is 39.2 Å². The third-order valence-electron chi connectivity index (χ3n) is 4.69. The minimum Gasteiger partial charge on any atom is -0.444 e. The quantitative estimate of drug-likeness (QED) is 0.613. The molecule has 2 atom stereocenters. The van der Waals surface area contributed by atoms with E-state index in [-0.39, 0.29) is 12.1 Å². The van der Waals surface area contributed by atoms with Gasteiger partial charge in [-0.15, -0.1) is 0 Å². The molecule has 0 aromatic heterocycles. The van der Waals surface area contributed by atoms with Gasteiger partial charge >= 0.3 is 6.09 Å². The number of carbonyl (C=O) groups is 1. The van der Waals surface area contributed by atoms with Crippen LogP contribution in [0.2, 0.25) is 0 Å². The second-order valence-electron chi connectivity index (χ2n) is 8.02. The molecular weight excluding hydrogens is 340 g/mol. The summed E-state index contributed by atoms with van der Waals surface area (Å²) in [7, 11) is 1.81. The largest absolute Gasteiger partial charge is 0.444 e. The second kappa shape index (κ2) is 9.62. The fraction of sp³-hybridized carbons (Fsp3) is 0.619. The fourth-order valence-corrected chi connectivity index (χ4v) is 3.31. The van der Waals surface area contributed by atoms with Crippen LogP contribution in [0, 0.1) is 0 Å². The maximum Gasteiger partial charge on any atom is 0.407 e. The van der Waals surface area contributed by atoms with Crippen molar-refractivity contribution in [2.24, 2.45) is 4.99 Å². The molecule has 1 saturated heterocycles. The van der Waals surface area contributed by atoms with Crippen molar-refractivity contribution >= 4 is 12.1 Å². The first-order valence-corrected chi connectivity index (χ1v) is 9.82.